The number of likely N-dealkylation sites (tertiary alicyclic amines) is 1. The molecule has 1 heterocycles. The summed E-state index contributed by atoms with van der Waals surface area (Å²) in [5, 5.41) is 9.09. The van der Waals surface area contributed by atoms with Gasteiger partial charge in [0, 0.05) is 12.8 Å². The summed E-state index contributed by atoms with van der Waals surface area (Å²) in [5.74, 6) is -0.140. The van der Waals surface area contributed by atoms with Crippen molar-refractivity contribution in [3.05, 3.63) is 24.3 Å². The highest BCUT2D eigenvalue weighted by Crippen LogP contribution is 2.18. The van der Waals surface area contributed by atoms with Crippen LogP contribution in [0.2, 0.25) is 0 Å². The van der Waals surface area contributed by atoms with Crippen LogP contribution in [-0.2, 0) is 14.6 Å². The number of rotatable bonds is 7. The summed E-state index contributed by atoms with van der Waals surface area (Å²) in [6.07, 6.45) is 3.53. The third-order valence-electron chi connectivity index (χ3n) is 3.76. The van der Waals surface area contributed by atoms with Crippen LogP contribution in [0.25, 0.3) is 0 Å². The summed E-state index contributed by atoms with van der Waals surface area (Å²) in [5.41, 5.74) is 0. The maximum absolute atomic E-state index is 11.3. The zero-order valence-corrected chi connectivity index (χ0v) is 13.4. The number of carboxylic acids is 1. The first kappa shape index (κ1) is 16.8. The molecule has 1 aromatic rings. The Hall–Kier alpha value is -1.60. The van der Waals surface area contributed by atoms with Crippen LogP contribution in [-0.4, -0.2) is 56.4 Å². The Balaban J connectivity index is 1.76. The summed E-state index contributed by atoms with van der Waals surface area (Å²) in [7, 11) is -3.19. The van der Waals surface area contributed by atoms with Gasteiger partial charge in [-0.15, -0.1) is 0 Å². The van der Waals surface area contributed by atoms with Crippen LogP contribution in [0.15, 0.2) is 29.2 Å². The Kier molecular flexibility index (Phi) is 5.42. The number of carboxylic acid groups (broad SMARTS) is 1. The van der Waals surface area contributed by atoms with Crippen LogP contribution in [0.5, 0.6) is 5.75 Å². The molecule has 1 N–H and O–H groups in total. The molecule has 1 saturated heterocycles. The standard InChI is InChI=1S/C15H21NO5S/c1-22(19,20)13-7-5-12(6-8-13)21-11-3-10-16-9-2-4-14(16)15(17)18/h5-8,14H,2-4,9-11H2,1H3,(H,17,18)/t14-/m0/s1. The largest absolute Gasteiger partial charge is 0.494 e. The second-order valence-corrected chi connectivity index (χ2v) is 7.49. The molecular weight excluding hydrogens is 306 g/mol. The summed E-state index contributed by atoms with van der Waals surface area (Å²) in [6.45, 7) is 1.99. The molecule has 1 aromatic carbocycles. The lowest BCUT2D eigenvalue weighted by atomic mass is 10.2. The van der Waals surface area contributed by atoms with Crippen LogP contribution in [0.1, 0.15) is 19.3 Å². The van der Waals surface area contributed by atoms with E-state index >= 15 is 0 Å². The smallest absolute Gasteiger partial charge is 0.320 e. The predicted molar refractivity (Wildman–Crippen MR) is 81.9 cm³/mol. The van der Waals surface area contributed by atoms with E-state index in [4.69, 9.17) is 9.84 Å². The Morgan fingerprint density at radius 1 is 1.36 bits per heavy atom. The molecular formula is C15H21NO5S. The molecule has 0 aliphatic carbocycles. The fourth-order valence-electron chi connectivity index (χ4n) is 2.61. The van der Waals surface area contributed by atoms with Gasteiger partial charge in [0.15, 0.2) is 9.84 Å². The molecule has 0 aromatic heterocycles. The molecule has 1 aliphatic rings. The van der Waals surface area contributed by atoms with Gasteiger partial charge < -0.3 is 9.84 Å². The van der Waals surface area contributed by atoms with E-state index in [1.54, 1.807) is 12.1 Å². The molecule has 22 heavy (non-hydrogen) atoms. The Morgan fingerprint density at radius 3 is 2.64 bits per heavy atom. The third-order valence-corrected chi connectivity index (χ3v) is 4.89. The van der Waals surface area contributed by atoms with Crippen molar-refractivity contribution in [2.45, 2.75) is 30.2 Å². The molecule has 0 amide bonds. The number of sulfone groups is 1. The molecule has 122 valence electrons. The van der Waals surface area contributed by atoms with Crippen LogP contribution < -0.4 is 4.74 Å². The van der Waals surface area contributed by atoms with Crippen molar-refractivity contribution in [3.63, 3.8) is 0 Å². The molecule has 0 spiro atoms. The molecule has 6 nitrogen and oxygen atoms in total. The van der Waals surface area contributed by atoms with Gasteiger partial charge in [0.25, 0.3) is 0 Å². The van der Waals surface area contributed by atoms with Crippen molar-refractivity contribution in [1.82, 2.24) is 4.90 Å². The zero-order chi connectivity index (χ0) is 16.2. The monoisotopic (exact) mass is 327 g/mol. The lowest BCUT2D eigenvalue weighted by Gasteiger charge is -2.20. The first-order chi connectivity index (χ1) is 10.4. The molecule has 0 bridgehead atoms. The molecule has 0 saturated carbocycles. The summed E-state index contributed by atoms with van der Waals surface area (Å²) >= 11 is 0. The first-order valence-electron chi connectivity index (χ1n) is 7.28. The van der Waals surface area contributed by atoms with E-state index in [9.17, 15) is 13.2 Å². The zero-order valence-electron chi connectivity index (χ0n) is 12.6. The minimum atomic E-state index is -3.19. The van der Waals surface area contributed by atoms with Gasteiger partial charge in [-0.25, -0.2) is 8.42 Å². The minimum Gasteiger partial charge on any atom is -0.494 e. The normalized spacial score (nSPS) is 19.2. The fraction of sp³-hybridized carbons (Fsp3) is 0.533. The van der Waals surface area contributed by atoms with Gasteiger partial charge in [-0.05, 0) is 50.1 Å². The number of nitrogens with zero attached hydrogens (tertiary/aromatic N) is 1. The third kappa shape index (κ3) is 4.45. The van der Waals surface area contributed by atoms with Gasteiger partial charge in [0.2, 0.25) is 0 Å². The van der Waals surface area contributed by atoms with Gasteiger partial charge in [0.1, 0.15) is 11.8 Å². The summed E-state index contributed by atoms with van der Waals surface area (Å²) < 4.78 is 28.2. The van der Waals surface area contributed by atoms with Gasteiger partial charge >= 0.3 is 5.97 Å². The van der Waals surface area contributed by atoms with Crippen molar-refractivity contribution in [2.75, 3.05) is 26.0 Å². The van der Waals surface area contributed by atoms with Crippen molar-refractivity contribution in [3.8, 4) is 5.75 Å². The molecule has 0 radical (unpaired) electrons. The maximum atomic E-state index is 11.3. The first-order valence-corrected chi connectivity index (χ1v) is 9.17. The van der Waals surface area contributed by atoms with Gasteiger partial charge in [-0.1, -0.05) is 0 Å². The fourth-order valence-corrected chi connectivity index (χ4v) is 3.24. The van der Waals surface area contributed by atoms with Crippen molar-refractivity contribution in [1.29, 1.82) is 0 Å². The molecule has 7 heteroatoms. The van der Waals surface area contributed by atoms with Gasteiger partial charge in [-0.2, -0.15) is 0 Å². The van der Waals surface area contributed by atoms with E-state index in [0.717, 1.165) is 25.6 Å². The lowest BCUT2D eigenvalue weighted by molar-refractivity contribution is -0.142. The second-order valence-electron chi connectivity index (χ2n) is 5.48. The van der Waals surface area contributed by atoms with Crippen LogP contribution in [0, 0.1) is 0 Å². The van der Waals surface area contributed by atoms with Crippen molar-refractivity contribution in [2.24, 2.45) is 0 Å². The van der Waals surface area contributed by atoms with E-state index in [1.807, 2.05) is 4.90 Å². The van der Waals surface area contributed by atoms with Gasteiger partial charge in [0.05, 0.1) is 11.5 Å². The quantitative estimate of drug-likeness (QED) is 0.762. The highest BCUT2D eigenvalue weighted by atomic mass is 32.2. The Bertz CT molecular complexity index is 611. The van der Waals surface area contributed by atoms with E-state index < -0.39 is 15.8 Å². The second kappa shape index (κ2) is 7.11. The molecule has 0 unspecified atom stereocenters. The number of aliphatic carboxylic acids is 1. The minimum absolute atomic E-state index is 0.265. The molecule has 1 fully saturated rings. The number of ether oxygens (including phenoxy) is 1. The molecule has 1 aliphatic heterocycles. The van der Waals surface area contributed by atoms with Crippen LogP contribution >= 0.6 is 0 Å². The number of hydrogen-bond donors (Lipinski definition) is 1. The Labute approximate surface area is 130 Å². The van der Waals surface area contributed by atoms with E-state index in [1.165, 1.54) is 12.1 Å². The summed E-state index contributed by atoms with van der Waals surface area (Å²) in [6, 6.07) is 5.93. The number of benzene rings is 1. The Morgan fingerprint density at radius 2 is 2.05 bits per heavy atom. The van der Waals surface area contributed by atoms with Gasteiger partial charge in [-0.3, -0.25) is 9.69 Å². The highest BCUT2D eigenvalue weighted by molar-refractivity contribution is 7.90. The molecule has 2 rings (SSSR count). The summed E-state index contributed by atoms with van der Waals surface area (Å²) in [4.78, 5) is 13.3. The topological polar surface area (TPSA) is 83.9 Å². The van der Waals surface area contributed by atoms with Crippen LogP contribution in [0.3, 0.4) is 0 Å². The lowest BCUT2D eigenvalue weighted by Crippen LogP contribution is -2.36. The maximum Gasteiger partial charge on any atom is 0.320 e. The number of carbonyl (C=O) groups is 1. The number of hydrogen-bond acceptors (Lipinski definition) is 5. The molecule has 1 atom stereocenters. The average Bonchev–Trinajstić information content (AvgIpc) is 2.92. The van der Waals surface area contributed by atoms with E-state index in [0.29, 0.717) is 25.3 Å². The van der Waals surface area contributed by atoms with E-state index in [2.05, 4.69) is 0 Å². The predicted octanol–water partition coefficient (Wildman–Crippen LogP) is 1.41. The van der Waals surface area contributed by atoms with E-state index in [-0.39, 0.29) is 10.9 Å². The van der Waals surface area contributed by atoms with Crippen molar-refractivity contribution >= 4 is 15.8 Å². The average molecular weight is 327 g/mol. The highest BCUT2D eigenvalue weighted by Gasteiger charge is 2.29. The van der Waals surface area contributed by atoms with Crippen LogP contribution in [0.4, 0.5) is 0 Å². The van der Waals surface area contributed by atoms with Crippen molar-refractivity contribution < 1.29 is 23.1 Å². The SMILES string of the molecule is CS(=O)(=O)c1ccc(OCCCN2CCC[C@H]2C(=O)O)cc1.